The highest BCUT2D eigenvalue weighted by Crippen LogP contribution is 2.18. The second-order valence-corrected chi connectivity index (χ2v) is 6.16. The van der Waals surface area contributed by atoms with Gasteiger partial charge in [0.1, 0.15) is 5.75 Å². The van der Waals surface area contributed by atoms with Crippen molar-refractivity contribution in [2.45, 2.75) is 46.1 Å². The maximum Gasteiger partial charge on any atom is 0.261 e. The van der Waals surface area contributed by atoms with Crippen molar-refractivity contribution in [3.63, 3.8) is 0 Å². The Morgan fingerprint density at radius 1 is 1.08 bits per heavy atom. The molecule has 24 heavy (non-hydrogen) atoms. The summed E-state index contributed by atoms with van der Waals surface area (Å²) in [7, 11) is 0. The molecule has 2 aromatic rings. The molecule has 1 amide bonds. The van der Waals surface area contributed by atoms with Gasteiger partial charge in [-0.05, 0) is 50.3 Å². The van der Waals surface area contributed by atoms with Gasteiger partial charge in [0.15, 0.2) is 6.10 Å². The number of ether oxygens (including phenoxy) is 1. The monoisotopic (exact) mass is 325 g/mol. The molecule has 0 heterocycles. The number of carbonyl (C=O) groups is 1. The fraction of sp³-hybridized carbons (Fsp3) is 0.381. The first-order chi connectivity index (χ1) is 11.6. The summed E-state index contributed by atoms with van der Waals surface area (Å²) in [4.78, 5) is 12.3. The molecule has 0 spiro atoms. The second-order valence-electron chi connectivity index (χ2n) is 6.16. The minimum atomic E-state index is -0.439. The van der Waals surface area contributed by atoms with Crippen molar-refractivity contribution in [3.8, 4) is 5.75 Å². The van der Waals surface area contributed by atoms with Crippen LogP contribution in [0, 0.1) is 13.8 Å². The zero-order valence-corrected chi connectivity index (χ0v) is 14.8. The van der Waals surface area contributed by atoms with E-state index in [0.717, 1.165) is 24.2 Å². The molecule has 0 saturated heterocycles. The van der Waals surface area contributed by atoms with Crippen LogP contribution in [0.15, 0.2) is 48.5 Å². The quantitative estimate of drug-likeness (QED) is 0.738. The van der Waals surface area contributed by atoms with Gasteiger partial charge >= 0.3 is 0 Å². The van der Waals surface area contributed by atoms with Crippen LogP contribution in [0.25, 0.3) is 0 Å². The molecule has 2 aromatic carbocycles. The van der Waals surface area contributed by atoms with Gasteiger partial charge in [0.25, 0.3) is 5.91 Å². The summed E-state index contributed by atoms with van der Waals surface area (Å²) in [5.74, 6) is 0.740. The van der Waals surface area contributed by atoms with Gasteiger partial charge in [-0.1, -0.05) is 55.0 Å². The van der Waals surface area contributed by atoms with E-state index < -0.39 is 6.10 Å². The second kappa shape index (κ2) is 9.11. The van der Waals surface area contributed by atoms with Gasteiger partial charge in [0, 0.05) is 6.54 Å². The molecule has 0 radical (unpaired) electrons. The molecule has 128 valence electrons. The van der Waals surface area contributed by atoms with E-state index in [2.05, 4.69) is 36.5 Å². The van der Waals surface area contributed by atoms with Gasteiger partial charge in [-0.3, -0.25) is 4.79 Å². The number of aryl methyl sites for hydroxylation is 3. The Morgan fingerprint density at radius 3 is 2.46 bits per heavy atom. The van der Waals surface area contributed by atoms with Crippen LogP contribution in [0.1, 0.15) is 36.5 Å². The lowest BCUT2D eigenvalue weighted by Crippen LogP contribution is -2.38. The average Bonchev–Trinajstić information content (AvgIpc) is 2.59. The third-order valence-electron chi connectivity index (χ3n) is 4.09. The topological polar surface area (TPSA) is 38.3 Å². The van der Waals surface area contributed by atoms with Crippen LogP contribution in [0.3, 0.4) is 0 Å². The third kappa shape index (κ3) is 5.41. The summed E-state index contributed by atoms with van der Waals surface area (Å²) in [6.45, 7) is 6.71. The molecule has 0 bridgehead atoms. The van der Waals surface area contributed by atoms with Crippen LogP contribution in [0.4, 0.5) is 0 Å². The average molecular weight is 325 g/mol. The Kier molecular flexibility index (Phi) is 6.86. The van der Waals surface area contributed by atoms with Gasteiger partial charge in [-0.15, -0.1) is 0 Å². The molecule has 0 aromatic heterocycles. The van der Waals surface area contributed by atoms with Gasteiger partial charge in [-0.2, -0.15) is 0 Å². The largest absolute Gasteiger partial charge is 0.480 e. The van der Waals surface area contributed by atoms with Crippen molar-refractivity contribution in [1.82, 2.24) is 5.32 Å². The number of para-hydroxylation sites is 1. The van der Waals surface area contributed by atoms with E-state index in [4.69, 9.17) is 4.74 Å². The maximum atomic E-state index is 12.3. The lowest BCUT2D eigenvalue weighted by atomic mass is 10.1. The fourth-order valence-corrected chi connectivity index (χ4v) is 2.54. The number of carbonyl (C=O) groups excluding carboxylic acids is 1. The Hall–Kier alpha value is -2.29. The predicted molar refractivity (Wildman–Crippen MR) is 98.4 cm³/mol. The maximum absolute atomic E-state index is 12.3. The van der Waals surface area contributed by atoms with Gasteiger partial charge in [0.05, 0.1) is 0 Å². The molecule has 3 heteroatoms. The minimum absolute atomic E-state index is 0.0374. The highest BCUT2D eigenvalue weighted by molar-refractivity contribution is 5.81. The zero-order chi connectivity index (χ0) is 17.4. The molecule has 1 atom stereocenters. The summed E-state index contributed by atoms with van der Waals surface area (Å²) in [6, 6.07) is 16.3. The molecule has 0 aliphatic heterocycles. The normalized spacial score (nSPS) is 11.8. The number of benzene rings is 2. The summed E-state index contributed by atoms with van der Waals surface area (Å²) in [6.07, 6.45) is 2.11. The number of hydrogen-bond acceptors (Lipinski definition) is 2. The van der Waals surface area contributed by atoms with Crippen LogP contribution in [-0.2, 0) is 11.2 Å². The van der Waals surface area contributed by atoms with Crippen molar-refractivity contribution in [1.29, 1.82) is 0 Å². The summed E-state index contributed by atoms with van der Waals surface area (Å²) < 4.78 is 5.87. The first kappa shape index (κ1) is 18.1. The number of rotatable bonds is 8. The van der Waals surface area contributed by atoms with Gasteiger partial charge in [-0.25, -0.2) is 0 Å². The third-order valence-corrected chi connectivity index (χ3v) is 4.09. The van der Waals surface area contributed by atoms with Crippen molar-refractivity contribution >= 4 is 5.91 Å². The lowest BCUT2D eigenvalue weighted by molar-refractivity contribution is -0.128. The van der Waals surface area contributed by atoms with Crippen molar-refractivity contribution in [2.24, 2.45) is 0 Å². The predicted octanol–water partition coefficient (Wildman–Crippen LogP) is 4.21. The molecule has 0 aliphatic carbocycles. The first-order valence-corrected chi connectivity index (χ1v) is 8.65. The number of nitrogens with one attached hydrogen (secondary N) is 1. The molecule has 0 fully saturated rings. The van der Waals surface area contributed by atoms with Crippen molar-refractivity contribution in [3.05, 3.63) is 65.2 Å². The molecule has 3 nitrogen and oxygen atoms in total. The molecular weight excluding hydrogens is 298 g/mol. The van der Waals surface area contributed by atoms with Crippen LogP contribution >= 0.6 is 0 Å². The highest BCUT2D eigenvalue weighted by Gasteiger charge is 2.18. The van der Waals surface area contributed by atoms with Gasteiger partial charge < -0.3 is 10.1 Å². The molecule has 0 saturated carbocycles. The Morgan fingerprint density at radius 2 is 1.79 bits per heavy atom. The van der Waals surface area contributed by atoms with E-state index in [-0.39, 0.29) is 5.91 Å². The molecular formula is C21H27NO2. The standard InChI is InChI=1S/C21H27NO2/c1-4-19(24-20-10-6-5-8-17(20)3)21(23)22-15-7-9-18-13-11-16(2)12-14-18/h5-6,8,10-14,19H,4,7,9,15H2,1-3H3,(H,22,23)/t19-/m0/s1. The van der Waals surface area contributed by atoms with E-state index in [1.807, 2.05) is 38.1 Å². The van der Waals surface area contributed by atoms with Crippen LogP contribution < -0.4 is 10.1 Å². The lowest BCUT2D eigenvalue weighted by Gasteiger charge is -2.18. The molecule has 0 unspecified atom stereocenters. The zero-order valence-electron chi connectivity index (χ0n) is 14.8. The molecule has 2 rings (SSSR count). The Balaban J connectivity index is 1.77. The highest BCUT2D eigenvalue weighted by atomic mass is 16.5. The minimum Gasteiger partial charge on any atom is -0.480 e. The first-order valence-electron chi connectivity index (χ1n) is 8.65. The molecule has 0 aliphatic rings. The summed E-state index contributed by atoms with van der Waals surface area (Å²) >= 11 is 0. The van der Waals surface area contributed by atoms with Crippen molar-refractivity contribution < 1.29 is 9.53 Å². The van der Waals surface area contributed by atoms with Crippen molar-refractivity contribution in [2.75, 3.05) is 6.54 Å². The van der Waals surface area contributed by atoms with E-state index in [0.29, 0.717) is 13.0 Å². The van der Waals surface area contributed by atoms with E-state index in [9.17, 15) is 4.79 Å². The number of hydrogen-bond donors (Lipinski definition) is 1. The Labute approximate surface area is 145 Å². The van der Waals surface area contributed by atoms with E-state index >= 15 is 0 Å². The van der Waals surface area contributed by atoms with E-state index in [1.54, 1.807) is 0 Å². The SMILES string of the molecule is CC[C@H](Oc1ccccc1C)C(=O)NCCCc1ccc(C)cc1. The smallest absolute Gasteiger partial charge is 0.261 e. The van der Waals surface area contributed by atoms with E-state index in [1.165, 1.54) is 11.1 Å². The summed E-state index contributed by atoms with van der Waals surface area (Å²) in [5.41, 5.74) is 3.62. The Bertz CT molecular complexity index is 649. The molecule has 1 N–H and O–H groups in total. The fourth-order valence-electron chi connectivity index (χ4n) is 2.54. The van der Waals surface area contributed by atoms with Gasteiger partial charge in [0.2, 0.25) is 0 Å². The van der Waals surface area contributed by atoms with Crippen LogP contribution in [0.2, 0.25) is 0 Å². The van der Waals surface area contributed by atoms with Crippen LogP contribution in [-0.4, -0.2) is 18.6 Å². The summed E-state index contributed by atoms with van der Waals surface area (Å²) in [5, 5.41) is 2.99. The number of amides is 1. The van der Waals surface area contributed by atoms with Crippen LogP contribution in [0.5, 0.6) is 5.75 Å².